The SMILES string of the molecule is COc1ccc(-c2cc(-c3cccc(OC)c3)nc(-c3cccc(OC)c3)c2)cc1. The van der Waals surface area contributed by atoms with Crippen LogP contribution in [0, 0.1) is 0 Å². The summed E-state index contributed by atoms with van der Waals surface area (Å²) in [5.74, 6) is 2.42. The zero-order valence-corrected chi connectivity index (χ0v) is 17.3. The number of nitrogens with zero attached hydrogens (tertiary/aromatic N) is 1. The molecular weight excluding hydrogens is 374 g/mol. The molecule has 3 aromatic carbocycles. The molecule has 0 saturated heterocycles. The van der Waals surface area contributed by atoms with Crippen LogP contribution in [0.3, 0.4) is 0 Å². The van der Waals surface area contributed by atoms with Gasteiger partial charge in [-0.1, -0.05) is 36.4 Å². The predicted octanol–water partition coefficient (Wildman–Crippen LogP) is 6.11. The predicted molar refractivity (Wildman–Crippen MR) is 120 cm³/mol. The van der Waals surface area contributed by atoms with Gasteiger partial charge in [-0.2, -0.15) is 0 Å². The highest BCUT2D eigenvalue weighted by Gasteiger charge is 2.10. The van der Waals surface area contributed by atoms with Crippen molar-refractivity contribution in [3.05, 3.63) is 84.9 Å². The second-order valence-electron chi connectivity index (χ2n) is 6.82. The summed E-state index contributed by atoms with van der Waals surface area (Å²) >= 11 is 0. The van der Waals surface area contributed by atoms with Crippen LogP contribution in [-0.4, -0.2) is 26.3 Å². The molecule has 0 radical (unpaired) electrons. The first-order chi connectivity index (χ1) is 14.7. The third-order valence-corrected chi connectivity index (χ3v) is 4.98. The Morgan fingerprint density at radius 3 is 1.43 bits per heavy atom. The van der Waals surface area contributed by atoms with Crippen molar-refractivity contribution < 1.29 is 14.2 Å². The van der Waals surface area contributed by atoms with Crippen molar-refractivity contribution in [3.63, 3.8) is 0 Å². The Balaban J connectivity index is 1.88. The lowest BCUT2D eigenvalue weighted by Crippen LogP contribution is -1.93. The second kappa shape index (κ2) is 8.70. The first kappa shape index (κ1) is 19.5. The van der Waals surface area contributed by atoms with E-state index < -0.39 is 0 Å². The summed E-state index contributed by atoms with van der Waals surface area (Å²) in [5, 5.41) is 0. The maximum Gasteiger partial charge on any atom is 0.119 e. The first-order valence-electron chi connectivity index (χ1n) is 9.65. The number of methoxy groups -OCH3 is 3. The van der Waals surface area contributed by atoms with Gasteiger partial charge in [-0.25, -0.2) is 4.98 Å². The molecule has 4 nitrogen and oxygen atoms in total. The number of hydrogen-bond donors (Lipinski definition) is 0. The van der Waals surface area contributed by atoms with E-state index >= 15 is 0 Å². The van der Waals surface area contributed by atoms with E-state index in [2.05, 4.69) is 24.3 Å². The number of ether oxygens (including phenoxy) is 3. The van der Waals surface area contributed by atoms with Crippen LogP contribution in [0.4, 0.5) is 0 Å². The summed E-state index contributed by atoms with van der Waals surface area (Å²) in [5.41, 5.74) is 5.90. The number of benzene rings is 3. The van der Waals surface area contributed by atoms with Gasteiger partial charge in [0.2, 0.25) is 0 Å². The Kier molecular flexibility index (Phi) is 5.66. The highest BCUT2D eigenvalue weighted by molar-refractivity contribution is 5.77. The van der Waals surface area contributed by atoms with Crippen molar-refractivity contribution in [3.8, 4) is 50.9 Å². The van der Waals surface area contributed by atoms with E-state index in [1.807, 2.05) is 60.7 Å². The van der Waals surface area contributed by atoms with Crippen LogP contribution >= 0.6 is 0 Å². The second-order valence-corrected chi connectivity index (χ2v) is 6.82. The average Bonchev–Trinajstić information content (AvgIpc) is 2.84. The van der Waals surface area contributed by atoms with Crippen molar-refractivity contribution in [2.75, 3.05) is 21.3 Å². The molecule has 0 atom stereocenters. The molecule has 4 aromatic rings. The minimum Gasteiger partial charge on any atom is -0.497 e. The Labute approximate surface area is 176 Å². The van der Waals surface area contributed by atoms with Gasteiger partial charge in [0.1, 0.15) is 17.2 Å². The Morgan fingerprint density at radius 1 is 0.467 bits per heavy atom. The lowest BCUT2D eigenvalue weighted by Gasteiger charge is -2.12. The van der Waals surface area contributed by atoms with Gasteiger partial charge < -0.3 is 14.2 Å². The van der Waals surface area contributed by atoms with Crippen LogP contribution in [0.15, 0.2) is 84.9 Å². The fourth-order valence-electron chi connectivity index (χ4n) is 3.34. The van der Waals surface area contributed by atoms with Gasteiger partial charge in [-0.3, -0.25) is 0 Å². The van der Waals surface area contributed by atoms with E-state index in [4.69, 9.17) is 19.2 Å². The van der Waals surface area contributed by atoms with Crippen LogP contribution in [0.5, 0.6) is 17.2 Å². The minimum absolute atomic E-state index is 0.798. The molecule has 0 bridgehead atoms. The molecule has 0 saturated carbocycles. The van der Waals surface area contributed by atoms with Crippen molar-refractivity contribution in [2.24, 2.45) is 0 Å². The molecule has 0 aliphatic heterocycles. The van der Waals surface area contributed by atoms with E-state index in [9.17, 15) is 0 Å². The lowest BCUT2D eigenvalue weighted by atomic mass is 9.99. The molecule has 0 aliphatic rings. The fourth-order valence-corrected chi connectivity index (χ4v) is 3.34. The summed E-state index contributed by atoms with van der Waals surface area (Å²) in [7, 11) is 5.01. The first-order valence-corrected chi connectivity index (χ1v) is 9.65. The van der Waals surface area contributed by atoms with E-state index in [0.717, 1.165) is 50.9 Å². The molecule has 0 amide bonds. The zero-order chi connectivity index (χ0) is 20.9. The molecule has 0 unspecified atom stereocenters. The standard InChI is InChI=1S/C26H23NO3/c1-28-22-12-10-18(11-13-22)21-16-25(19-6-4-8-23(14-19)29-2)27-26(17-21)20-7-5-9-24(15-20)30-3/h4-17H,1-3H3. The van der Waals surface area contributed by atoms with Crippen LogP contribution in [0.25, 0.3) is 33.6 Å². The highest BCUT2D eigenvalue weighted by atomic mass is 16.5. The largest absolute Gasteiger partial charge is 0.497 e. The summed E-state index contributed by atoms with van der Waals surface area (Å²) in [6.45, 7) is 0. The van der Waals surface area contributed by atoms with Crippen molar-refractivity contribution in [1.29, 1.82) is 0 Å². The van der Waals surface area contributed by atoms with Gasteiger partial charge in [0, 0.05) is 11.1 Å². The van der Waals surface area contributed by atoms with Gasteiger partial charge in [0.05, 0.1) is 32.7 Å². The van der Waals surface area contributed by atoms with Gasteiger partial charge in [-0.05, 0) is 59.7 Å². The third kappa shape index (κ3) is 4.13. The van der Waals surface area contributed by atoms with Crippen LogP contribution in [0.1, 0.15) is 0 Å². The molecule has 0 fully saturated rings. The molecule has 150 valence electrons. The Morgan fingerprint density at radius 2 is 0.967 bits per heavy atom. The van der Waals surface area contributed by atoms with Gasteiger partial charge in [-0.15, -0.1) is 0 Å². The normalized spacial score (nSPS) is 10.5. The van der Waals surface area contributed by atoms with Crippen LogP contribution in [-0.2, 0) is 0 Å². The average molecular weight is 397 g/mol. The van der Waals surface area contributed by atoms with Crippen LogP contribution < -0.4 is 14.2 Å². The van der Waals surface area contributed by atoms with Crippen molar-refractivity contribution in [2.45, 2.75) is 0 Å². The Bertz CT molecular complexity index is 1090. The molecule has 1 aromatic heterocycles. The summed E-state index contributed by atoms with van der Waals surface area (Å²) < 4.78 is 16.1. The zero-order valence-electron chi connectivity index (χ0n) is 17.3. The summed E-state index contributed by atoms with van der Waals surface area (Å²) in [6, 6.07) is 28.1. The smallest absolute Gasteiger partial charge is 0.119 e. The maximum atomic E-state index is 5.40. The number of pyridine rings is 1. The minimum atomic E-state index is 0.798. The molecular formula is C26H23NO3. The molecule has 4 heteroatoms. The molecule has 30 heavy (non-hydrogen) atoms. The molecule has 0 N–H and O–H groups in total. The number of rotatable bonds is 6. The quantitative estimate of drug-likeness (QED) is 0.394. The van der Waals surface area contributed by atoms with E-state index in [0.29, 0.717) is 0 Å². The van der Waals surface area contributed by atoms with Crippen molar-refractivity contribution >= 4 is 0 Å². The lowest BCUT2D eigenvalue weighted by molar-refractivity contribution is 0.415. The van der Waals surface area contributed by atoms with E-state index in [1.165, 1.54) is 0 Å². The molecule has 0 spiro atoms. The number of hydrogen-bond acceptors (Lipinski definition) is 4. The van der Waals surface area contributed by atoms with Crippen LogP contribution in [0.2, 0.25) is 0 Å². The molecule has 1 heterocycles. The van der Waals surface area contributed by atoms with Crippen molar-refractivity contribution in [1.82, 2.24) is 4.98 Å². The summed E-state index contributed by atoms with van der Waals surface area (Å²) in [6.07, 6.45) is 0. The van der Waals surface area contributed by atoms with Gasteiger partial charge >= 0.3 is 0 Å². The Hall–Kier alpha value is -3.79. The highest BCUT2D eigenvalue weighted by Crippen LogP contribution is 2.33. The fraction of sp³-hybridized carbons (Fsp3) is 0.115. The van der Waals surface area contributed by atoms with Gasteiger partial charge in [0.15, 0.2) is 0 Å². The summed E-state index contributed by atoms with van der Waals surface area (Å²) in [4.78, 5) is 4.95. The van der Waals surface area contributed by atoms with Gasteiger partial charge in [0.25, 0.3) is 0 Å². The monoisotopic (exact) mass is 397 g/mol. The topological polar surface area (TPSA) is 40.6 Å². The molecule has 0 aliphatic carbocycles. The van der Waals surface area contributed by atoms with E-state index in [1.54, 1.807) is 21.3 Å². The maximum absolute atomic E-state index is 5.40. The third-order valence-electron chi connectivity index (χ3n) is 4.98. The number of aromatic nitrogens is 1. The molecule has 4 rings (SSSR count). The van der Waals surface area contributed by atoms with E-state index in [-0.39, 0.29) is 0 Å².